The lowest BCUT2D eigenvalue weighted by Crippen LogP contribution is -2.46. The summed E-state index contributed by atoms with van der Waals surface area (Å²) in [6.07, 6.45) is -0.506. The summed E-state index contributed by atoms with van der Waals surface area (Å²) in [7, 11) is 0. The van der Waals surface area contributed by atoms with Crippen molar-refractivity contribution >= 4 is 5.91 Å². The smallest absolute Gasteiger partial charge is 0.289 e. The highest BCUT2D eigenvalue weighted by Crippen LogP contribution is 2.13. The lowest BCUT2D eigenvalue weighted by molar-refractivity contribution is -0.0318. The van der Waals surface area contributed by atoms with Crippen molar-refractivity contribution in [2.45, 2.75) is 13.0 Å². The summed E-state index contributed by atoms with van der Waals surface area (Å²) in [5.74, 6) is 0.797. The average Bonchev–Trinajstić information content (AvgIpc) is 2.75. The van der Waals surface area contributed by atoms with Gasteiger partial charge in [-0.1, -0.05) is 0 Å². The molecular formula is C11H14FNO3. The highest BCUT2D eigenvalue weighted by Gasteiger charge is 2.26. The number of morpholine rings is 1. The molecule has 1 amide bonds. The van der Waals surface area contributed by atoms with E-state index in [9.17, 15) is 9.18 Å². The quantitative estimate of drug-likeness (QED) is 0.767. The fourth-order valence-electron chi connectivity index (χ4n) is 1.70. The Balaban J connectivity index is 2.04. The van der Waals surface area contributed by atoms with Gasteiger partial charge < -0.3 is 14.1 Å². The number of carbonyl (C=O) groups excluding carboxylic acids is 1. The largest absolute Gasteiger partial charge is 0.456 e. The summed E-state index contributed by atoms with van der Waals surface area (Å²) >= 11 is 0. The Morgan fingerprint density at radius 3 is 3.06 bits per heavy atom. The molecule has 0 spiro atoms. The number of nitrogens with zero attached hydrogens (tertiary/aromatic N) is 1. The molecule has 1 unspecified atom stereocenters. The van der Waals surface area contributed by atoms with Crippen molar-refractivity contribution in [3.05, 3.63) is 23.7 Å². The van der Waals surface area contributed by atoms with E-state index in [1.54, 1.807) is 24.0 Å². The normalized spacial score (nSPS) is 21.1. The molecule has 1 fully saturated rings. The summed E-state index contributed by atoms with van der Waals surface area (Å²) < 4.78 is 22.8. The molecule has 1 saturated heterocycles. The van der Waals surface area contributed by atoms with Crippen LogP contribution < -0.4 is 0 Å². The molecule has 88 valence electrons. The van der Waals surface area contributed by atoms with E-state index >= 15 is 0 Å². The first-order valence-electron chi connectivity index (χ1n) is 5.24. The molecule has 0 aliphatic carbocycles. The van der Waals surface area contributed by atoms with Gasteiger partial charge in [-0.2, -0.15) is 0 Å². The summed E-state index contributed by atoms with van der Waals surface area (Å²) in [5, 5.41) is 0. The van der Waals surface area contributed by atoms with E-state index in [2.05, 4.69) is 0 Å². The van der Waals surface area contributed by atoms with E-state index in [-0.39, 0.29) is 12.5 Å². The van der Waals surface area contributed by atoms with Crippen LogP contribution in [0.25, 0.3) is 0 Å². The van der Waals surface area contributed by atoms with Gasteiger partial charge in [0.25, 0.3) is 5.91 Å². The van der Waals surface area contributed by atoms with Crippen LogP contribution in [0.2, 0.25) is 0 Å². The van der Waals surface area contributed by atoms with E-state index < -0.39 is 12.8 Å². The SMILES string of the molecule is Cc1ccc(C(=O)N2CCOC(CF)C2)o1. The molecule has 2 heterocycles. The molecule has 1 aromatic heterocycles. The Morgan fingerprint density at radius 2 is 2.44 bits per heavy atom. The van der Waals surface area contributed by atoms with Gasteiger partial charge in [-0.15, -0.1) is 0 Å². The number of halogens is 1. The van der Waals surface area contributed by atoms with Gasteiger partial charge in [0, 0.05) is 13.1 Å². The Morgan fingerprint density at radius 1 is 1.62 bits per heavy atom. The third-order valence-electron chi connectivity index (χ3n) is 2.55. The van der Waals surface area contributed by atoms with Gasteiger partial charge in [-0.25, -0.2) is 4.39 Å². The molecule has 0 aromatic carbocycles. The Hall–Kier alpha value is -1.36. The van der Waals surface area contributed by atoms with Crippen molar-refractivity contribution in [2.75, 3.05) is 26.4 Å². The van der Waals surface area contributed by atoms with Crippen molar-refractivity contribution < 1.29 is 18.3 Å². The van der Waals surface area contributed by atoms with Crippen LogP contribution in [-0.4, -0.2) is 43.3 Å². The van der Waals surface area contributed by atoms with Crippen molar-refractivity contribution in [3.63, 3.8) is 0 Å². The van der Waals surface area contributed by atoms with Crippen LogP contribution in [0.5, 0.6) is 0 Å². The van der Waals surface area contributed by atoms with Crippen LogP contribution in [0.3, 0.4) is 0 Å². The molecule has 4 nitrogen and oxygen atoms in total. The summed E-state index contributed by atoms with van der Waals surface area (Å²) in [6.45, 7) is 2.35. The van der Waals surface area contributed by atoms with Crippen LogP contribution in [0, 0.1) is 6.92 Å². The minimum Gasteiger partial charge on any atom is -0.456 e. The fraction of sp³-hybridized carbons (Fsp3) is 0.545. The lowest BCUT2D eigenvalue weighted by Gasteiger charge is -2.30. The molecule has 0 bridgehead atoms. The molecule has 0 saturated carbocycles. The van der Waals surface area contributed by atoms with Crippen molar-refractivity contribution in [3.8, 4) is 0 Å². The second kappa shape index (κ2) is 4.65. The van der Waals surface area contributed by atoms with E-state index in [1.807, 2.05) is 0 Å². The Labute approximate surface area is 93.0 Å². The molecule has 0 radical (unpaired) electrons. The van der Waals surface area contributed by atoms with Crippen LogP contribution in [-0.2, 0) is 4.74 Å². The number of aryl methyl sites for hydroxylation is 1. The second-order valence-electron chi connectivity index (χ2n) is 3.81. The maximum atomic E-state index is 12.4. The number of hydrogen-bond acceptors (Lipinski definition) is 3. The molecule has 16 heavy (non-hydrogen) atoms. The monoisotopic (exact) mass is 227 g/mol. The molecule has 1 atom stereocenters. The van der Waals surface area contributed by atoms with Gasteiger partial charge in [0.15, 0.2) is 5.76 Å². The van der Waals surface area contributed by atoms with Gasteiger partial charge in [0.1, 0.15) is 18.5 Å². The zero-order valence-corrected chi connectivity index (χ0v) is 9.11. The Kier molecular flexibility index (Phi) is 3.24. The van der Waals surface area contributed by atoms with Crippen LogP contribution in [0.4, 0.5) is 4.39 Å². The topological polar surface area (TPSA) is 42.7 Å². The standard InChI is InChI=1S/C11H14FNO3/c1-8-2-3-10(16-8)11(14)13-4-5-15-9(6-12)7-13/h2-3,9H,4-7H2,1H3. The summed E-state index contributed by atoms with van der Waals surface area (Å²) in [5.41, 5.74) is 0. The highest BCUT2D eigenvalue weighted by atomic mass is 19.1. The predicted octanol–water partition coefficient (Wildman–Crippen LogP) is 1.40. The Bertz CT molecular complexity index is 377. The van der Waals surface area contributed by atoms with Gasteiger partial charge >= 0.3 is 0 Å². The van der Waals surface area contributed by atoms with Gasteiger partial charge in [-0.05, 0) is 19.1 Å². The number of carbonyl (C=O) groups is 1. The molecule has 1 aliphatic heterocycles. The van der Waals surface area contributed by atoms with E-state index in [1.165, 1.54) is 0 Å². The number of alkyl halides is 1. The molecule has 1 aromatic rings. The third-order valence-corrected chi connectivity index (χ3v) is 2.55. The van der Waals surface area contributed by atoms with Crippen molar-refractivity contribution in [1.29, 1.82) is 0 Å². The van der Waals surface area contributed by atoms with Gasteiger partial charge in [0.05, 0.1) is 6.61 Å². The van der Waals surface area contributed by atoms with Gasteiger partial charge in [-0.3, -0.25) is 4.79 Å². The maximum Gasteiger partial charge on any atom is 0.289 e. The molecule has 5 heteroatoms. The number of ether oxygens (including phenoxy) is 1. The minimum atomic E-state index is -0.568. The number of furan rings is 1. The van der Waals surface area contributed by atoms with Crippen molar-refractivity contribution in [1.82, 2.24) is 4.90 Å². The number of hydrogen-bond donors (Lipinski definition) is 0. The molecule has 1 aliphatic rings. The first-order valence-corrected chi connectivity index (χ1v) is 5.24. The highest BCUT2D eigenvalue weighted by molar-refractivity contribution is 5.91. The van der Waals surface area contributed by atoms with Crippen LogP contribution in [0.15, 0.2) is 16.5 Å². The second-order valence-corrected chi connectivity index (χ2v) is 3.81. The maximum absolute atomic E-state index is 12.4. The summed E-state index contributed by atoms with van der Waals surface area (Å²) in [4.78, 5) is 13.5. The first-order chi connectivity index (χ1) is 7.70. The zero-order valence-electron chi connectivity index (χ0n) is 9.11. The number of amides is 1. The third kappa shape index (κ3) is 2.24. The van der Waals surface area contributed by atoms with Crippen LogP contribution in [0.1, 0.15) is 16.3 Å². The predicted molar refractivity (Wildman–Crippen MR) is 55.1 cm³/mol. The van der Waals surface area contributed by atoms with E-state index in [0.29, 0.717) is 24.7 Å². The van der Waals surface area contributed by atoms with E-state index in [4.69, 9.17) is 9.15 Å². The van der Waals surface area contributed by atoms with Gasteiger partial charge in [0.2, 0.25) is 0 Å². The molecule has 2 rings (SSSR count). The van der Waals surface area contributed by atoms with Crippen molar-refractivity contribution in [2.24, 2.45) is 0 Å². The lowest BCUT2D eigenvalue weighted by atomic mass is 10.2. The van der Waals surface area contributed by atoms with E-state index in [0.717, 1.165) is 0 Å². The zero-order chi connectivity index (χ0) is 11.5. The summed E-state index contributed by atoms with van der Waals surface area (Å²) in [6, 6.07) is 3.37. The van der Waals surface area contributed by atoms with Crippen LogP contribution >= 0.6 is 0 Å². The first kappa shape index (κ1) is 11.1. The number of rotatable bonds is 2. The fourth-order valence-corrected chi connectivity index (χ4v) is 1.70. The molecular weight excluding hydrogens is 213 g/mol. The minimum absolute atomic E-state index is 0.199. The molecule has 0 N–H and O–H groups in total. The average molecular weight is 227 g/mol.